The highest BCUT2D eigenvalue weighted by Crippen LogP contribution is 2.42. The predicted molar refractivity (Wildman–Crippen MR) is 165 cm³/mol. The molecule has 0 spiro atoms. The van der Waals surface area contributed by atoms with Crippen molar-refractivity contribution in [3.8, 4) is 11.5 Å². The molecule has 3 aromatic rings. The van der Waals surface area contributed by atoms with Gasteiger partial charge in [0.25, 0.3) is 0 Å². The molecule has 2 saturated heterocycles. The van der Waals surface area contributed by atoms with Gasteiger partial charge in [0.05, 0.1) is 6.42 Å². The van der Waals surface area contributed by atoms with Gasteiger partial charge in [-0.2, -0.15) is 15.0 Å². The van der Waals surface area contributed by atoms with Crippen LogP contribution in [-0.4, -0.2) is 83.3 Å². The number of nitrogens with two attached hydrogens (primary N) is 4. The topological polar surface area (TPSA) is 226 Å². The first kappa shape index (κ1) is 31.3. The van der Waals surface area contributed by atoms with E-state index in [0.717, 1.165) is 0 Å². The number of rotatable bonds is 9. The van der Waals surface area contributed by atoms with E-state index in [4.69, 9.17) is 27.9 Å². The number of nitrogens with zero attached hydrogens (tertiary/aromatic N) is 5. The molecule has 2 aromatic carbocycles. The molecule has 1 amide bonds. The molecule has 0 unspecified atom stereocenters. The third-order valence-electron chi connectivity index (χ3n) is 7.85. The Balaban J connectivity index is 1.14. The second-order valence-corrected chi connectivity index (χ2v) is 11.6. The molecule has 6 rings (SSSR count). The van der Waals surface area contributed by atoms with Crippen molar-refractivity contribution in [1.82, 2.24) is 15.0 Å². The van der Waals surface area contributed by atoms with Crippen molar-refractivity contribution in [3.63, 3.8) is 0 Å². The summed E-state index contributed by atoms with van der Waals surface area (Å²) in [5, 5.41) is 5.68. The highest BCUT2D eigenvalue weighted by Gasteiger charge is 2.43. The molecule has 0 aliphatic carbocycles. The van der Waals surface area contributed by atoms with E-state index >= 15 is 0 Å². The number of amides is 1. The minimum atomic E-state index is -3.78. The Labute approximate surface area is 262 Å². The Morgan fingerprint density at radius 1 is 0.870 bits per heavy atom. The number of halogens is 2. The number of ether oxygens (including phenoxy) is 2. The van der Waals surface area contributed by atoms with Crippen LogP contribution in [-0.2, 0) is 4.79 Å². The molecule has 2 fully saturated rings. The van der Waals surface area contributed by atoms with Crippen molar-refractivity contribution in [2.24, 2.45) is 22.9 Å². The molecule has 244 valence electrons. The van der Waals surface area contributed by atoms with Crippen molar-refractivity contribution in [3.05, 3.63) is 48.0 Å². The Bertz CT molecular complexity index is 1600. The van der Waals surface area contributed by atoms with E-state index in [1.807, 2.05) is 9.80 Å². The van der Waals surface area contributed by atoms with Gasteiger partial charge in [-0.1, -0.05) is 0 Å². The normalized spacial score (nSPS) is 23.3. The molecule has 0 saturated carbocycles. The molecule has 17 heteroatoms. The number of nitrogens with one attached hydrogen (secondary N) is 2. The summed E-state index contributed by atoms with van der Waals surface area (Å²) in [5.41, 5.74) is 25.8. The quantitative estimate of drug-likeness (QED) is 0.141. The lowest BCUT2D eigenvalue weighted by molar-refractivity contribution is -0.286. The summed E-state index contributed by atoms with van der Waals surface area (Å²) in [5.74, 6) is -0.335. The minimum Gasteiger partial charge on any atom is -0.395 e. The zero-order chi connectivity index (χ0) is 32.6. The lowest BCUT2D eigenvalue weighted by Gasteiger charge is -2.35. The summed E-state index contributed by atoms with van der Waals surface area (Å²) in [6.45, 7) is 2.00. The average molecular weight is 640 g/mol. The maximum Gasteiger partial charge on any atom is 0.586 e. The zero-order valence-corrected chi connectivity index (χ0v) is 24.7. The van der Waals surface area contributed by atoms with Crippen molar-refractivity contribution < 1.29 is 27.8 Å². The molecule has 10 N–H and O–H groups in total. The molecular weight excluding hydrogens is 604 g/mol. The van der Waals surface area contributed by atoms with E-state index in [0.29, 0.717) is 56.6 Å². The summed E-state index contributed by atoms with van der Waals surface area (Å²) in [6.07, 6.45) is -2.84. The Hall–Kier alpha value is -4.71. The predicted octanol–water partition coefficient (Wildman–Crippen LogP) is 0.878. The van der Waals surface area contributed by atoms with Crippen LogP contribution in [0.25, 0.3) is 0 Å². The smallest absolute Gasteiger partial charge is 0.395 e. The van der Waals surface area contributed by atoms with Crippen LogP contribution in [0.3, 0.4) is 0 Å². The fraction of sp³-hybridized carbons (Fsp3) is 0.414. The number of anilines is 5. The highest BCUT2D eigenvalue weighted by molar-refractivity contribution is 6.11. The maximum absolute atomic E-state index is 13.3. The number of hydrogen-bond donors (Lipinski definition) is 6. The minimum absolute atomic E-state index is 0.0266. The molecular formula is C29H35F2N11O4. The van der Waals surface area contributed by atoms with E-state index in [9.17, 15) is 18.4 Å². The van der Waals surface area contributed by atoms with Gasteiger partial charge in [0, 0.05) is 73.4 Å². The van der Waals surface area contributed by atoms with Crippen LogP contribution in [0.5, 0.6) is 11.5 Å². The van der Waals surface area contributed by atoms with Crippen LogP contribution in [0.2, 0.25) is 0 Å². The Morgan fingerprint density at radius 3 is 2.24 bits per heavy atom. The third-order valence-corrected chi connectivity index (χ3v) is 7.85. The van der Waals surface area contributed by atoms with Gasteiger partial charge in [0.15, 0.2) is 17.3 Å². The number of Topliss-reactive ketones (excluding diaryl/α,β-unsaturated/α-hetero) is 1. The van der Waals surface area contributed by atoms with Crippen molar-refractivity contribution in [2.75, 3.05) is 46.6 Å². The lowest BCUT2D eigenvalue weighted by atomic mass is 10.0. The van der Waals surface area contributed by atoms with E-state index in [1.165, 1.54) is 18.2 Å². The summed E-state index contributed by atoms with van der Waals surface area (Å²) < 4.78 is 35.3. The number of alkyl halides is 2. The van der Waals surface area contributed by atoms with Gasteiger partial charge in [0.1, 0.15) is 0 Å². The van der Waals surface area contributed by atoms with Crippen LogP contribution in [0.4, 0.5) is 38.0 Å². The number of piperidine rings is 1. The van der Waals surface area contributed by atoms with Gasteiger partial charge >= 0.3 is 6.29 Å². The van der Waals surface area contributed by atoms with Crippen molar-refractivity contribution in [2.45, 2.75) is 49.7 Å². The van der Waals surface area contributed by atoms with Crippen LogP contribution in [0.15, 0.2) is 42.5 Å². The van der Waals surface area contributed by atoms with Gasteiger partial charge in [-0.25, -0.2) is 0 Å². The molecule has 4 atom stereocenters. The summed E-state index contributed by atoms with van der Waals surface area (Å²) in [4.78, 5) is 43.3. The van der Waals surface area contributed by atoms with Crippen LogP contribution < -0.4 is 52.8 Å². The number of carbonyl (C=O) groups is 2. The number of fused-ring (bicyclic) bond motifs is 1. The lowest BCUT2D eigenvalue weighted by Crippen LogP contribution is -2.53. The molecule has 3 aliphatic rings. The van der Waals surface area contributed by atoms with Gasteiger partial charge in [-0.05, 0) is 49.2 Å². The largest absolute Gasteiger partial charge is 0.586 e. The number of benzene rings is 2. The molecule has 3 aliphatic heterocycles. The molecule has 0 bridgehead atoms. The average Bonchev–Trinajstić information content (AvgIpc) is 3.53. The maximum atomic E-state index is 13.3. The second kappa shape index (κ2) is 12.6. The monoisotopic (exact) mass is 639 g/mol. The van der Waals surface area contributed by atoms with Gasteiger partial charge in [-0.3, -0.25) is 9.59 Å². The van der Waals surface area contributed by atoms with E-state index in [-0.39, 0.29) is 52.9 Å². The first-order valence-electron chi connectivity index (χ1n) is 14.8. The fourth-order valence-corrected chi connectivity index (χ4v) is 5.79. The number of aromatic nitrogens is 3. The van der Waals surface area contributed by atoms with E-state index < -0.39 is 24.4 Å². The highest BCUT2D eigenvalue weighted by atomic mass is 19.3. The number of hydrogen-bond acceptors (Lipinski definition) is 14. The number of ketones is 1. The second-order valence-electron chi connectivity index (χ2n) is 11.6. The van der Waals surface area contributed by atoms with Crippen LogP contribution in [0.1, 0.15) is 29.6 Å². The van der Waals surface area contributed by atoms with E-state index in [1.54, 1.807) is 24.3 Å². The fourth-order valence-electron chi connectivity index (χ4n) is 5.79. The molecule has 4 heterocycles. The summed E-state index contributed by atoms with van der Waals surface area (Å²) in [7, 11) is 0. The van der Waals surface area contributed by atoms with Crippen LogP contribution >= 0.6 is 0 Å². The molecule has 46 heavy (non-hydrogen) atoms. The van der Waals surface area contributed by atoms with Crippen LogP contribution in [0, 0.1) is 0 Å². The van der Waals surface area contributed by atoms with E-state index in [2.05, 4.69) is 30.1 Å². The van der Waals surface area contributed by atoms with Gasteiger partial charge in [-0.15, -0.1) is 8.78 Å². The summed E-state index contributed by atoms with van der Waals surface area (Å²) >= 11 is 0. The third kappa shape index (κ3) is 7.07. The molecule has 15 nitrogen and oxygen atoms in total. The zero-order valence-electron chi connectivity index (χ0n) is 24.7. The Kier molecular flexibility index (Phi) is 8.56. The van der Waals surface area contributed by atoms with Crippen molar-refractivity contribution >= 4 is 40.9 Å². The molecule has 0 radical (unpaired) electrons. The Morgan fingerprint density at radius 2 is 1.52 bits per heavy atom. The standard InChI is InChI=1S/C29H35F2N11O4/c30-29(31)45-23-6-5-20(9-24(23)46-29)36-25(44)10-22(43)15-1-3-19(4-2-15)37-26-38-27(41-12-16(33)7-17(34)13-41)40-28(39-26)42-14-18(35)8-21(42)11-32/h1-6,9,16-18,21H,7-8,10-14,32-35H2,(H,36,44)(H,37,38,39,40)/t16-,17+,18-,21-/m0/s1. The first-order valence-corrected chi connectivity index (χ1v) is 14.8. The van der Waals surface area contributed by atoms with Crippen molar-refractivity contribution in [1.29, 1.82) is 0 Å². The SMILES string of the molecule is NC[C@@H]1C[C@H](N)CN1c1nc(Nc2ccc(C(=O)CC(=O)Nc3ccc4c(c3)OC(F)(F)O4)cc2)nc(N2C[C@H](N)C[C@H](N)C2)n1. The number of carbonyl (C=O) groups excluding carboxylic acids is 2. The molecule has 1 aromatic heterocycles. The van der Waals surface area contributed by atoms with Gasteiger partial charge < -0.3 is 52.8 Å². The summed E-state index contributed by atoms with van der Waals surface area (Å²) in [6, 6.07) is 9.90. The first-order chi connectivity index (χ1) is 21.9. The van der Waals surface area contributed by atoms with Gasteiger partial charge in [0.2, 0.25) is 23.8 Å².